The Kier molecular flexibility index (Phi) is 17.1. The number of carbonyl (C=O) groups excluding carboxylic acids is 1. The van der Waals surface area contributed by atoms with Gasteiger partial charge >= 0.3 is 0 Å². The van der Waals surface area contributed by atoms with Gasteiger partial charge in [0.2, 0.25) is 5.91 Å². The summed E-state index contributed by atoms with van der Waals surface area (Å²) in [5, 5.41) is 169. The Morgan fingerprint density at radius 1 is 0.441 bits per heavy atom. The van der Waals surface area contributed by atoms with Crippen molar-refractivity contribution < 1.29 is 129 Å². The molecule has 0 saturated carbocycles. The molecule has 0 unspecified atom stereocenters. The van der Waals surface area contributed by atoms with Gasteiger partial charge in [-0.3, -0.25) is 4.79 Å². The van der Waals surface area contributed by atoms with Crippen LogP contribution in [0.15, 0.2) is 0 Å². The summed E-state index contributed by atoms with van der Waals surface area (Å²) in [6, 6.07) is -1.47. The predicted octanol–water partition coefficient (Wildman–Crippen LogP) is -11.8. The van der Waals surface area contributed by atoms with Crippen LogP contribution in [-0.4, -0.2) is 274 Å². The number of aliphatic hydroxyl groups excluding tert-OH is 16. The monoisotopic (exact) mass is 869 g/mol. The van der Waals surface area contributed by atoms with Crippen molar-refractivity contribution in [2.75, 3.05) is 33.0 Å². The number of amides is 1. The zero-order valence-corrected chi connectivity index (χ0v) is 31.2. The fraction of sp³-hybridized carbons (Fsp3) is 0.969. The molecule has 1 amide bonds. The minimum absolute atomic E-state index is 0.678. The second-order valence-electron chi connectivity index (χ2n) is 14.8. The van der Waals surface area contributed by atoms with Crippen molar-refractivity contribution in [2.45, 2.75) is 160 Å². The number of rotatable bonds is 14. The molecule has 5 aliphatic rings. The first kappa shape index (κ1) is 48.5. The largest absolute Gasteiger partial charge is 0.394 e. The molecule has 5 aliphatic heterocycles. The van der Waals surface area contributed by atoms with Crippen LogP contribution < -0.4 is 5.32 Å². The zero-order chi connectivity index (χ0) is 43.6. The molecule has 27 heteroatoms. The highest BCUT2D eigenvalue weighted by atomic mass is 16.8. The lowest BCUT2D eigenvalue weighted by atomic mass is 9.95. The van der Waals surface area contributed by atoms with Gasteiger partial charge in [0.05, 0.1) is 33.0 Å². The maximum absolute atomic E-state index is 11.6. The minimum Gasteiger partial charge on any atom is -0.394 e. The van der Waals surface area contributed by atoms with Crippen molar-refractivity contribution >= 4 is 5.91 Å². The Balaban J connectivity index is 1.24. The summed E-state index contributed by atoms with van der Waals surface area (Å²) < 4.78 is 49.7. The SMILES string of the molecule is CC(=O)N[C@@H]1[C@@H](O)[C@H](O[C@@H]2O[C@H](CO[C@H]3O[C@H](CO[C@H]4O[C@H](CO)[C@@H](O)[C@H](O)[C@@H]4O[C@H]4O[C@H](CO)[C@@H](O)[C@H](O)[C@@H]4O)[C@@H](O)[C@H](O)[C@@H]3O)[C@@H](O)[C@H](O)[C@@H]2O)[C@@H](CO)O[C@H]1O. The molecule has 0 bridgehead atoms. The topological polar surface area (TPSA) is 436 Å². The third kappa shape index (κ3) is 10.5. The average molecular weight is 870 g/mol. The van der Waals surface area contributed by atoms with E-state index in [4.69, 9.17) is 42.6 Å². The summed E-state index contributed by atoms with van der Waals surface area (Å²) in [5.41, 5.74) is 0. The normalized spacial score (nSPS) is 51.0. The zero-order valence-electron chi connectivity index (χ0n) is 31.2. The molecule has 5 rings (SSSR count). The second-order valence-corrected chi connectivity index (χ2v) is 14.8. The summed E-state index contributed by atoms with van der Waals surface area (Å²) in [6.45, 7) is -3.04. The van der Waals surface area contributed by atoms with Crippen molar-refractivity contribution in [3.05, 3.63) is 0 Å². The van der Waals surface area contributed by atoms with E-state index in [-0.39, 0.29) is 0 Å². The van der Waals surface area contributed by atoms with E-state index < -0.39 is 192 Å². The van der Waals surface area contributed by atoms with Gasteiger partial charge < -0.3 is 130 Å². The fourth-order valence-corrected chi connectivity index (χ4v) is 7.20. The standard InChI is InChI=1S/C32H55NO26/c1-7(37)33-13-18(42)26(10(4-36)53-28(13)50)58-31-25(49)21(45)17(41)12(57-31)5-51-29-23(47)20(44)16(40)11(56-29)6-52-32-27(22(46)15(39)9(3-35)55-32)59-30-24(48)19(43)14(38)8(2-34)54-30/h8-32,34-36,38-50H,2-6H2,1H3,(H,33,37)/t8-,9-,10-,11-,12-,13-,14-,15-,16-,17-,18-,19+,20+,21+,22+,23+,24+,25+,26-,27+,28-,29+,30-,31+,32+/m1/s1. The average Bonchev–Trinajstić information content (AvgIpc) is 3.21. The third-order valence-corrected chi connectivity index (χ3v) is 10.7. The molecule has 0 aromatic heterocycles. The minimum atomic E-state index is -2.01. The number of ether oxygens (including phenoxy) is 9. The van der Waals surface area contributed by atoms with Gasteiger partial charge in [-0.1, -0.05) is 0 Å². The Hall–Kier alpha value is -1.53. The molecule has 0 aromatic carbocycles. The van der Waals surface area contributed by atoms with Crippen LogP contribution in [0.5, 0.6) is 0 Å². The van der Waals surface area contributed by atoms with Crippen molar-refractivity contribution in [1.82, 2.24) is 5.32 Å². The highest BCUT2D eigenvalue weighted by Crippen LogP contribution is 2.33. The van der Waals surface area contributed by atoms with E-state index in [9.17, 15) is 86.5 Å². The van der Waals surface area contributed by atoms with Gasteiger partial charge in [-0.2, -0.15) is 0 Å². The summed E-state index contributed by atoms with van der Waals surface area (Å²) in [4.78, 5) is 11.6. The molecule has 0 aromatic rings. The number of hydrogen-bond donors (Lipinski definition) is 17. The Labute approximate surface area is 333 Å². The van der Waals surface area contributed by atoms with Crippen LogP contribution in [0.3, 0.4) is 0 Å². The molecule has 59 heavy (non-hydrogen) atoms. The molecular weight excluding hydrogens is 814 g/mol. The molecule has 5 fully saturated rings. The molecule has 17 N–H and O–H groups in total. The Morgan fingerprint density at radius 2 is 0.831 bits per heavy atom. The number of nitrogens with one attached hydrogen (secondary N) is 1. The smallest absolute Gasteiger partial charge is 0.217 e. The van der Waals surface area contributed by atoms with E-state index in [1.165, 1.54) is 0 Å². The lowest BCUT2D eigenvalue weighted by Crippen LogP contribution is -2.67. The lowest BCUT2D eigenvalue weighted by Gasteiger charge is -2.47. The fourth-order valence-electron chi connectivity index (χ4n) is 7.20. The molecule has 27 nitrogen and oxygen atoms in total. The van der Waals surface area contributed by atoms with E-state index in [1.54, 1.807) is 0 Å². The van der Waals surface area contributed by atoms with E-state index >= 15 is 0 Å². The molecule has 25 atom stereocenters. The van der Waals surface area contributed by atoms with Crippen LogP contribution in [0.25, 0.3) is 0 Å². The number of carbonyl (C=O) groups is 1. The highest BCUT2D eigenvalue weighted by molar-refractivity contribution is 5.73. The first-order chi connectivity index (χ1) is 27.8. The number of aliphatic hydroxyl groups is 16. The molecule has 0 aliphatic carbocycles. The molecule has 5 saturated heterocycles. The van der Waals surface area contributed by atoms with Crippen LogP contribution in [0.2, 0.25) is 0 Å². The Morgan fingerprint density at radius 3 is 1.32 bits per heavy atom. The van der Waals surface area contributed by atoms with Crippen molar-refractivity contribution in [1.29, 1.82) is 0 Å². The van der Waals surface area contributed by atoms with Gasteiger partial charge in [-0.15, -0.1) is 0 Å². The van der Waals surface area contributed by atoms with Gasteiger partial charge in [0.15, 0.2) is 31.5 Å². The van der Waals surface area contributed by atoms with Crippen molar-refractivity contribution in [2.24, 2.45) is 0 Å². The third-order valence-electron chi connectivity index (χ3n) is 10.7. The van der Waals surface area contributed by atoms with E-state index in [2.05, 4.69) is 5.32 Å². The highest BCUT2D eigenvalue weighted by Gasteiger charge is 2.54. The molecule has 5 heterocycles. The van der Waals surface area contributed by atoms with Crippen molar-refractivity contribution in [3.63, 3.8) is 0 Å². The maximum Gasteiger partial charge on any atom is 0.217 e. The summed E-state index contributed by atoms with van der Waals surface area (Å²) in [7, 11) is 0. The van der Waals surface area contributed by atoms with E-state index in [0.29, 0.717) is 0 Å². The summed E-state index contributed by atoms with van der Waals surface area (Å²) in [6.07, 6.45) is -43.3. The maximum atomic E-state index is 11.6. The quantitative estimate of drug-likeness (QED) is 0.0770. The van der Waals surface area contributed by atoms with Crippen LogP contribution >= 0.6 is 0 Å². The number of hydrogen-bond acceptors (Lipinski definition) is 26. The van der Waals surface area contributed by atoms with Gasteiger partial charge in [0, 0.05) is 6.92 Å². The predicted molar refractivity (Wildman–Crippen MR) is 178 cm³/mol. The summed E-state index contributed by atoms with van der Waals surface area (Å²) in [5.74, 6) is -0.678. The molecule has 0 spiro atoms. The lowest BCUT2D eigenvalue weighted by molar-refractivity contribution is -0.374. The van der Waals surface area contributed by atoms with Crippen LogP contribution in [0, 0.1) is 0 Å². The van der Waals surface area contributed by atoms with Crippen LogP contribution in [0.1, 0.15) is 6.92 Å². The summed E-state index contributed by atoms with van der Waals surface area (Å²) >= 11 is 0. The van der Waals surface area contributed by atoms with Crippen molar-refractivity contribution in [3.8, 4) is 0 Å². The van der Waals surface area contributed by atoms with Gasteiger partial charge in [-0.05, 0) is 0 Å². The molecular formula is C32H55NO26. The van der Waals surface area contributed by atoms with E-state index in [1.807, 2.05) is 0 Å². The van der Waals surface area contributed by atoms with E-state index in [0.717, 1.165) is 6.92 Å². The first-order valence-corrected chi connectivity index (χ1v) is 18.6. The van der Waals surface area contributed by atoms with Crippen LogP contribution in [0.4, 0.5) is 0 Å². The van der Waals surface area contributed by atoms with Gasteiger partial charge in [0.1, 0.15) is 122 Å². The second kappa shape index (κ2) is 20.8. The van der Waals surface area contributed by atoms with Gasteiger partial charge in [0.25, 0.3) is 0 Å². The first-order valence-electron chi connectivity index (χ1n) is 18.6. The molecule has 0 radical (unpaired) electrons. The molecule has 344 valence electrons. The van der Waals surface area contributed by atoms with Crippen LogP contribution in [-0.2, 0) is 47.4 Å². The van der Waals surface area contributed by atoms with Gasteiger partial charge in [-0.25, -0.2) is 0 Å². The Bertz CT molecular complexity index is 1320.